The second-order valence-corrected chi connectivity index (χ2v) is 9.72. The van der Waals surface area contributed by atoms with Gasteiger partial charge in [-0.1, -0.05) is 46.4 Å². The molecule has 0 atom stereocenters. The summed E-state index contributed by atoms with van der Waals surface area (Å²) in [5.41, 5.74) is 5.99. The Bertz CT molecular complexity index is 1400. The molecule has 0 saturated heterocycles. The van der Waals surface area contributed by atoms with E-state index >= 15 is 0 Å². The van der Waals surface area contributed by atoms with Gasteiger partial charge in [0, 0.05) is 26.1 Å². The molecule has 1 N–H and O–H groups in total. The van der Waals surface area contributed by atoms with Crippen molar-refractivity contribution in [3.05, 3.63) is 90.3 Å². The Morgan fingerprint density at radius 2 is 1.72 bits per heavy atom. The number of pyridine rings is 1. The van der Waals surface area contributed by atoms with E-state index in [-0.39, 0.29) is 5.91 Å². The molecular formula is C25H18BrCl3N2O. The van der Waals surface area contributed by atoms with Crippen LogP contribution in [0.4, 0.5) is 5.69 Å². The highest BCUT2D eigenvalue weighted by atomic mass is 79.9. The van der Waals surface area contributed by atoms with Crippen LogP contribution in [0, 0.1) is 20.8 Å². The van der Waals surface area contributed by atoms with E-state index in [0.29, 0.717) is 37.6 Å². The molecule has 3 aromatic carbocycles. The van der Waals surface area contributed by atoms with Gasteiger partial charge in [0.2, 0.25) is 0 Å². The number of rotatable bonds is 3. The van der Waals surface area contributed by atoms with Crippen molar-refractivity contribution < 1.29 is 4.79 Å². The van der Waals surface area contributed by atoms with E-state index in [9.17, 15) is 4.79 Å². The third kappa shape index (κ3) is 4.38. The molecule has 0 unspecified atom stereocenters. The minimum Gasteiger partial charge on any atom is -0.322 e. The van der Waals surface area contributed by atoms with E-state index in [1.165, 1.54) is 0 Å². The number of hydrogen-bond acceptors (Lipinski definition) is 2. The summed E-state index contributed by atoms with van der Waals surface area (Å²) in [5.74, 6) is -0.254. The maximum Gasteiger partial charge on any atom is 0.256 e. The third-order valence-electron chi connectivity index (χ3n) is 5.29. The number of anilines is 1. The number of halogens is 4. The summed E-state index contributed by atoms with van der Waals surface area (Å²) in [6.45, 7) is 5.84. The molecule has 32 heavy (non-hydrogen) atoms. The maximum atomic E-state index is 13.5. The van der Waals surface area contributed by atoms with Crippen molar-refractivity contribution in [2.45, 2.75) is 20.8 Å². The lowest BCUT2D eigenvalue weighted by molar-refractivity contribution is 0.102. The Labute approximate surface area is 209 Å². The third-order valence-corrected chi connectivity index (χ3v) is 7.21. The predicted octanol–water partition coefficient (Wildman–Crippen LogP) is 8.80. The van der Waals surface area contributed by atoms with Gasteiger partial charge in [0.15, 0.2) is 0 Å². The van der Waals surface area contributed by atoms with Crippen molar-refractivity contribution in [1.29, 1.82) is 0 Å². The van der Waals surface area contributed by atoms with Crippen LogP contribution >= 0.6 is 50.7 Å². The summed E-state index contributed by atoms with van der Waals surface area (Å²) < 4.78 is 0.773. The second kappa shape index (κ2) is 9.03. The van der Waals surface area contributed by atoms with Gasteiger partial charge in [0.05, 0.1) is 26.8 Å². The molecule has 1 amide bonds. The van der Waals surface area contributed by atoms with Gasteiger partial charge in [-0.25, -0.2) is 4.98 Å². The van der Waals surface area contributed by atoms with Crippen molar-refractivity contribution in [2.75, 3.05) is 5.32 Å². The fraction of sp³-hybridized carbons (Fsp3) is 0.120. The average Bonchev–Trinajstić information content (AvgIpc) is 2.73. The van der Waals surface area contributed by atoms with Gasteiger partial charge in [0.1, 0.15) is 0 Å². The standard InChI is InChI=1S/C25H18BrCl3N2O/c1-12-8-13(2)24-17(9-12)18(11-22(30-24)16-5-4-15(27)10-20(16)28)25(32)31-21-7-6-19(26)23(29)14(21)3/h4-11H,1-3H3,(H,31,32). The zero-order valence-corrected chi connectivity index (χ0v) is 21.3. The number of carbonyl (C=O) groups is 1. The molecule has 0 bridgehead atoms. The highest BCUT2D eigenvalue weighted by Crippen LogP contribution is 2.35. The number of aryl methyl sites for hydroxylation is 2. The van der Waals surface area contributed by atoms with Gasteiger partial charge in [-0.15, -0.1) is 0 Å². The van der Waals surface area contributed by atoms with E-state index in [0.717, 1.165) is 32.1 Å². The molecule has 4 aromatic rings. The number of nitrogens with zero attached hydrogens (tertiary/aromatic N) is 1. The molecule has 0 radical (unpaired) electrons. The molecule has 0 aliphatic heterocycles. The first kappa shape index (κ1) is 23.1. The molecule has 1 heterocycles. The number of hydrogen-bond donors (Lipinski definition) is 1. The molecule has 162 valence electrons. The molecular weight excluding hydrogens is 531 g/mol. The Balaban J connectivity index is 1.91. The number of benzene rings is 3. The zero-order valence-electron chi connectivity index (χ0n) is 17.5. The average molecular weight is 549 g/mol. The topological polar surface area (TPSA) is 42.0 Å². The summed E-state index contributed by atoms with van der Waals surface area (Å²) >= 11 is 22.3. The minimum atomic E-state index is -0.254. The van der Waals surface area contributed by atoms with Gasteiger partial charge in [0.25, 0.3) is 5.91 Å². The van der Waals surface area contributed by atoms with Crippen LogP contribution in [0.1, 0.15) is 27.0 Å². The fourth-order valence-electron chi connectivity index (χ4n) is 3.68. The number of aromatic nitrogens is 1. The van der Waals surface area contributed by atoms with Crippen molar-refractivity contribution >= 4 is 73.2 Å². The Morgan fingerprint density at radius 1 is 0.969 bits per heavy atom. The SMILES string of the molecule is Cc1cc(C)c2nc(-c3ccc(Cl)cc3Cl)cc(C(=O)Nc3ccc(Br)c(Cl)c3C)c2c1. The van der Waals surface area contributed by atoms with E-state index in [4.69, 9.17) is 39.8 Å². The number of carbonyl (C=O) groups excluding carboxylic acids is 1. The summed E-state index contributed by atoms with van der Waals surface area (Å²) in [7, 11) is 0. The van der Waals surface area contributed by atoms with Crippen LogP contribution in [0.3, 0.4) is 0 Å². The lowest BCUT2D eigenvalue weighted by Gasteiger charge is -2.15. The van der Waals surface area contributed by atoms with Crippen molar-refractivity contribution in [2.24, 2.45) is 0 Å². The molecule has 3 nitrogen and oxygen atoms in total. The normalized spacial score (nSPS) is 11.1. The highest BCUT2D eigenvalue weighted by molar-refractivity contribution is 9.10. The maximum absolute atomic E-state index is 13.5. The van der Waals surface area contributed by atoms with Crippen molar-refractivity contribution in [3.63, 3.8) is 0 Å². The fourth-order valence-corrected chi connectivity index (χ4v) is 4.78. The van der Waals surface area contributed by atoms with Gasteiger partial charge in [-0.05, 0) is 90.3 Å². The molecule has 4 rings (SSSR count). The van der Waals surface area contributed by atoms with Gasteiger partial charge < -0.3 is 5.32 Å². The van der Waals surface area contributed by atoms with Crippen LogP contribution in [-0.4, -0.2) is 10.9 Å². The Hall–Kier alpha value is -2.11. The minimum absolute atomic E-state index is 0.254. The molecule has 1 aromatic heterocycles. The largest absolute Gasteiger partial charge is 0.322 e. The van der Waals surface area contributed by atoms with Gasteiger partial charge >= 0.3 is 0 Å². The lowest BCUT2D eigenvalue weighted by Crippen LogP contribution is -2.14. The second-order valence-electron chi connectivity index (χ2n) is 7.65. The Morgan fingerprint density at radius 3 is 2.44 bits per heavy atom. The lowest BCUT2D eigenvalue weighted by atomic mass is 9.99. The number of nitrogens with one attached hydrogen (secondary N) is 1. The zero-order chi connectivity index (χ0) is 23.2. The summed E-state index contributed by atoms with van der Waals surface area (Å²) in [5, 5.41) is 5.34. The first-order chi connectivity index (χ1) is 15.2. The van der Waals surface area contributed by atoms with Crippen LogP contribution in [0.2, 0.25) is 15.1 Å². The monoisotopic (exact) mass is 546 g/mol. The Kier molecular flexibility index (Phi) is 6.51. The van der Waals surface area contributed by atoms with Crippen LogP contribution < -0.4 is 5.32 Å². The predicted molar refractivity (Wildman–Crippen MR) is 139 cm³/mol. The van der Waals surface area contributed by atoms with Crippen LogP contribution in [-0.2, 0) is 0 Å². The van der Waals surface area contributed by atoms with E-state index in [1.807, 2.05) is 51.1 Å². The quantitative estimate of drug-likeness (QED) is 0.278. The van der Waals surface area contributed by atoms with Gasteiger partial charge in [-0.2, -0.15) is 0 Å². The van der Waals surface area contributed by atoms with E-state index < -0.39 is 0 Å². The number of fused-ring (bicyclic) bond motifs is 1. The summed E-state index contributed by atoms with van der Waals surface area (Å²) in [6.07, 6.45) is 0. The van der Waals surface area contributed by atoms with Crippen LogP contribution in [0.25, 0.3) is 22.2 Å². The summed E-state index contributed by atoms with van der Waals surface area (Å²) in [6, 6.07) is 14.6. The first-order valence-corrected chi connectivity index (χ1v) is 11.7. The molecule has 0 aliphatic rings. The van der Waals surface area contributed by atoms with Crippen molar-refractivity contribution in [1.82, 2.24) is 4.98 Å². The van der Waals surface area contributed by atoms with Crippen molar-refractivity contribution in [3.8, 4) is 11.3 Å². The molecule has 0 aliphatic carbocycles. The first-order valence-electron chi connectivity index (χ1n) is 9.79. The smallest absolute Gasteiger partial charge is 0.256 e. The summed E-state index contributed by atoms with van der Waals surface area (Å²) in [4.78, 5) is 18.3. The number of amides is 1. The highest BCUT2D eigenvalue weighted by Gasteiger charge is 2.18. The van der Waals surface area contributed by atoms with Crippen LogP contribution in [0.5, 0.6) is 0 Å². The van der Waals surface area contributed by atoms with E-state index in [1.54, 1.807) is 18.2 Å². The molecule has 0 spiro atoms. The molecule has 7 heteroatoms. The van der Waals surface area contributed by atoms with Gasteiger partial charge in [-0.3, -0.25) is 4.79 Å². The molecule has 0 fully saturated rings. The van der Waals surface area contributed by atoms with E-state index in [2.05, 4.69) is 21.2 Å². The molecule has 0 saturated carbocycles. The van der Waals surface area contributed by atoms with Crippen LogP contribution in [0.15, 0.2) is 53.0 Å².